The molecule has 3 N–H and O–H groups in total. The van der Waals surface area contributed by atoms with Gasteiger partial charge in [-0.2, -0.15) is 0 Å². The maximum Gasteiger partial charge on any atom is 0.419 e. The standard InChI is InChI=1S/C9H7BrN2O4/c10-5-1-3-6(4-2-5)16-9(15)12-8(14)7(11)13/h1-4H,(H2,11,13)(H,12,14,15). The molecule has 0 aromatic heterocycles. The zero-order valence-electron chi connectivity index (χ0n) is 7.90. The van der Waals surface area contributed by atoms with Crippen LogP contribution in [-0.4, -0.2) is 17.9 Å². The summed E-state index contributed by atoms with van der Waals surface area (Å²) in [7, 11) is 0. The number of halogens is 1. The van der Waals surface area contributed by atoms with Crippen LogP contribution in [-0.2, 0) is 9.59 Å². The maximum absolute atomic E-state index is 11.0. The Bertz CT molecular complexity index is 430. The highest BCUT2D eigenvalue weighted by molar-refractivity contribution is 9.10. The lowest BCUT2D eigenvalue weighted by Crippen LogP contribution is -2.41. The Morgan fingerprint density at radius 2 is 1.75 bits per heavy atom. The average molecular weight is 287 g/mol. The van der Waals surface area contributed by atoms with Crippen LogP contribution in [0.15, 0.2) is 28.7 Å². The predicted octanol–water partition coefficient (Wildman–Crippen LogP) is 0.549. The van der Waals surface area contributed by atoms with Gasteiger partial charge in [-0.25, -0.2) is 4.79 Å². The van der Waals surface area contributed by atoms with Gasteiger partial charge in [0.1, 0.15) is 5.75 Å². The first-order valence-corrected chi connectivity index (χ1v) is 4.86. The molecule has 0 aliphatic heterocycles. The molecule has 0 spiro atoms. The molecule has 0 aliphatic carbocycles. The molecule has 0 aliphatic rings. The van der Waals surface area contributed by atoms with E-state index in [-0.39, 0.29) is 5.75 Å². The van der Waals surface area contributed by atoms with Crippen LogP contribution in [0.25, 0.3) is 0 Å². The number of rotatable bonds is 1. The second kappa shape index (κ2) is 5.26. The summed E-state index contributed by atoms with van der Waals surface area (Å²) < 4.78 is 5.50. The van der Waals surface area contributed by atoms with E-state index in [1.165, 1.54) is 12.1 Å². The number of primary amides is 1. The Balaban J connectivity index is 2.55. The number of nitrogens with one attached hydrogen (secondary N) is 1. The maximum atomic E-state index is 11.0. The number of carbonyl (C=O) groups is 3. The highest BCUT2D eigenvalue weighted by atomic mass is 79.9. The molecule has 0 bridgehead atoms. The Labute approximate surface area is 98.9 Å². The van der Waals surface area contributed by atoms with Gasteiger partial charge in [-0.3, -0.25) is 14.9 Å². The van der Waals surface area contributed by atoms with E-state index in [2.05, 4.69) is 21.7 Å². The predicted molar refractivity (Wildman–Crippen MR) is 57.5 cm³/mol. The molecular formula is C9H7BrN2O4. The van der Waals surface area contributed by atoms with Crippen molar-refractivity contribution >= 4 is 33.8 Å². The molecule has 0 fully saturated rings. The average Bonchev–Trinajstić information content (AvgIpc) is 2.21. The number of benzene rings is 1. The van der Waals surface area contributed by atoms with Crippen molar-refractivity contribution in [3.05, 3.63) is 28.7 Å². The van der Waals surface area contributed by atoms with Crippen molar-refractivity contribution in [1.29, 1.82) is 0 Å². The first-order chi connectivity index (χ1) is 7.49. The largest absolute Gasteiger partial charge is 0.419 e. The molecule has 16 heavy (non-hydrogen) atoms. The smallest absolute Gasteiger partial charge is 0.410 e. The second-order valence-corrected chi connectivity index (χ2v) is 3.58. The first kappa shape index (κ1) is 12.2. The van der Waals surface area contributed by atoms with E-state index >= 15 is 0 Å². The monoisotopic (exact) mass is 286 g/mol. The molecule has 6 nitrogen and oxygen atoms in total. The van der Waals surface area contributed by atoms with Gasteiger partial charge >= 0.3 is 17.9 Å². The lowest BCUT2D eigenvalue weighted by Gasteiger charge is -2.03. The number of nitrogens with two attached hydrogens (primary N) is 1. The summed E-state index contributed by atoms with van der Waals surface area (Å²) in [5.41, 5.74) is 4.63. The van der Waals surface area contributed by atoms with Crippen LogP contribution in [0.2, 0.25) is 0 Å². The van der Waals surface area contributed by atoms with Gasteiger partial charge < -0.3 is 10.5 Å². The summed E-state index contributed by atoms with van der Waals surface area (Å²) in [6, 6.07) is 6.33. The fourth-order valence-electron chi connectivity index (χ4n) is 0.789. The van der Waals surface area contributed by atoms with Crippen LogP contribution < -0.4 is 15.8 Å². The number of imide groups is 1. The quantitative estimate of drug-likeness (QED) is 0.737. The number of hydrogen-bond acceptors (Lipinski definition) is 4. The van der Waals surface area contributed by atoms with Gasteiger partial charge in [-0.05, 0) is 24.3 Å². The van der Waals surface area contributed by atoms with E-state index in [4.69, 9.17) is 4.74 Å². The minimum Gasteiger partial charge on any atom is -0.410 e. The van der Waals surface area contributed by atoms with Gasteiger partial charge in [0.05, 0.1) is 0 Å². The van der Waals surface area contributed by atoms with Crippen LogP contribution >= 0.6 is 15.9 Å². The zero-order valence-corrected chi connectivity index (χ0v) is 9.48. The minimum atomic E-state index is -1.26. The van der Waals surface area contributed by atoms with Crippen LogP contribution in [0, 0.1) is 0 Å². The van der Waals surface area contributed by atoms with Crippen LogP contribution in [0.4, 0.5) is 4.79 Å². The van der Waals surface area contributed by atoms with E-state index in [1.54, 1.807) is 17.4 Å². The molecule has 3 amide bonds. The molecule has 0 atom stereocenters. The van der Waals surface area contributed by atoms with Crippen molar-refractivity contribution in [1.82, 2.24) is 5.32 Å². The number of amides is 3. The third kappa shape index (κ3) is 3.70. The van der Waals surface area contributed by atoms with Gasteiger partial charge in [-0.15, -0.1) is 0 Å². The highest BCUT2D eigenvalue weighted by Gasteiger charge is 2.14. The van der Waals surface area contributed by atoms with Crippen molar-refractivity contribution in [3.63, 3.8) is 0 Å². The second-order valence-electron chi connectivity index (χ2n) is 2.66. The minimum absolute atomic E-state index is 0.234. The van der Waals surface area contributed by atoms with Gasteiger partial charge in [0, 0.05) is 4.47 Å². The fraction of sp³-hybridized carbons (Fsp3) is 0. The van der Waals surface area contributed by atoms with Gasteiger partial charge in [0.2, 0.25) is 0 Å². The third-order valence-corrected chi connectivity index (χ3v) is 1.99. The topological polar surface area (TPSA) is 98.5 Å². The van der Waals surface area contributed by atoms with Crippen molar-refractivity contribution in [2.45, 2.75) is 0 Å². The molecule has 0 radical (unpaired) electrons. The summed E-state index contributed by atoms with van der Waals surface area (Å²) in [5, 5.41) is 1.66. The molecule has 0 saturated carbocycles. The lowest BCUT2D eigenvalue weighted by atomic mass is 10.3. The van der Waals surface area contributed by atoms with E-state index < -0.39 is 17.9 Å². The summed E-state index contributed by atoms with van der Waals surface area (Å²) in [5.74, 6) is -2.24. The molecule has 0 saturated heterocycles. The number of hydrogen-bond donors (Lipinski definition) is 2. The van der Waals surface area contributed by atoms with E-state index in [1.807, 2.05) is 0 Å². The summed E-state index contributed by atoms with van der Waals surface area (Å²) in [4.78, 5) is 32.1. The van der Waals surface area contributed by atoms with Crippen LogP contribution in [0.3, 0.4) is 0 Å². The summed E-state index contributed by atoms with van der Waals surface area (Å²) in [6.07, 6.45) is -1.06. The molecule has 1 rings (SSSR count). The van der Waals surface area contributed by atoms with E-state index in [0.717, 1.165) is 4.47 Å². The molecule has 1 aromatic rings. The Morgan fingerprint density at radius 1 is 1.19 bits per heavy atom. The Morgan fingerprint density at radius 3 is 2.25 bits per heavy atom. The normalized spacial score (nSPS) is 9.31. The number of carbonyl (C=O) groups excluding carboxylic acids is 3. The fourth-order valence-corrected chi connectivity index (χ4v) is 1.05. The molecule has 7 heteroatoms. The van der Waals surface area contributed by atoms with Gasteiger partial charge in [0.25, 0.3) is 0 Å². The molecule has 84 valence electrons. The zero-order chi connectivity index (χ0) is 12.1. The lowest BCUT2D eigenvalue weighted by molar-refractivity contribution is -0.136. The molecular weight excluding hydrogens is 280 g/mol. The number of ether oxygens (including phenoxy) is 1. The third-order valence-electron chi connectivity index (χ3n) is 1.46. The van der Waals surface area contributed by atoms with Crippen LogP contribution in [0.1, 0.15) is 0 Å². The van der Waals surface area contributed by atoms with Crippen molar-refractivity contribution in [2.75, 3.05) is 0 Å². The SMILES string of the molecule is NC(=O)C(=O)NC(=O)Oc1ccc(Br)cc1. The van der Waals surface area contributed by atoms with Crippen molar-refractivity contribution in [2.24, 2.45) is 5.73 Å². The van der Waals surface area contributed by atoms with Crippen LogP contribution in [0.5, 0.6) is 5.75 Å². The Kier molecular flexibility index (Phi) is 4.01. The van der Waals surface area contributed by atoms with Gasteiger partial charge in [0.15, 0.2) is 0 Å². The molecule has 0 heterocycles. The van der Waals surface area contributed by atoms with Crippen molar-refractivity contribution < 1.29 is 19.1 Å². The summed E-state index contributed by atoms with van der Waals surface area (Å²) in [6.45, 7) is 0. The molecule has 0 unspecified atom stereocenters. The van der Waals surface area contributed by atoms with E-state index in [0.29, 0.717) is 0 Å². The summed E-state index contributed by atoms with van der Waals surface area (Å²) >= 11 is 3.20. The molecule has 1 aromatic carbocycles. The van der Waals surface area contributed by atoms with Gasteiger partial charge in [-0.1, -0.05) is 15.9 Å². The van der Waals surface area contributed by atoms with Crippen molar-refractivity contribution in [3.8, 4) is 5.75 Å². The van der Waals surface area contributed by atoms with E-state index in [9.17, 15) is 14.4 Å². The highest BCUT2D eigenvalue weighted by Crippen LogP contribution is 2.15. The first-order valence-electron chi connectivity index (χ1n) is 4.07. The Hall–Kier alpha value is -1.89.